The van der Waals surface area contributed by atoms with Gasteiger partial charge in [0.1, 0.15) is 0 Å². The quantitative estimate of drug-likeness (QED) is 0.333. The van der Waals surface area contributed by atoms with Gasteiger partial charge in [0.05, 0.1) is 32.5 Å². The van der Waals surface area contributed by atoms with Gasteiger partial charge in [-0.2, -0.15) is 0 Å². The Balaban J connectivity index is 1.37. The van der Waals surface area contributed by atoms with Crippen molar-refractivity contribution in [3.63, 3.8) is 0 Å². The lowest BCUT2D eigenvalue weighted by Gasteiger charge is -2.63. The number of hydrogen-bond acceptors (Lipinski definition) is 4. The first-order valence-electron chi connectivity index (χ1n) is 10.6. The van der Waals surface area contributed by atoms with E-state index in [0.29, 0.717) is 49.8 Å². The van der Waals surface area contributed by atoms with Gasteiger partial charge in [0, 0.05) is 37.1 Å². The monoisotopic (exact) mass is 367 g/mol. The molecule has 150 valence electrons. The molecule has 1 heterocycles. The molecule has 2 saturated carbocycles. The SMILES string of the molecule is CCCCOCCOCCN=C(NCC)NC1C2CCOC2C12CCC2. The smallest absolute Gasteiger partial charge is 0.191 e. The van der Waals surface area contributed by atoms with Crippen LogP contribution in [0.3, 0.4) is 0 Å². The molecule has 0 radical (unpaired) electrons. The molecule has 1 aliphatic heterocycles. The molecule has 0 aromatic carbocycles. The van der Waals surface area contributed by atoms with E-state index in [0.717, 1.165) is 32.1 Å². The Kier molecular flexibility index (Phi) is 7.58. The van der Waals surface area contributed by atoms with Crippen molar-refractivity contribution < 1.29 is 14.2 Å². The molecule has 2 aliphatic carbocycles. The lowest BCUT2D eigenvalue weighted by atomic mass is 9.46. The van der Waals surface area contributed by atoms with Gasteiger partial charge in [-0.15, -0.1) is 0 Å². The zero-order chi connectivity index (χ0) is 18.2. The second-order valence-electron chi connectivity index (χ2n) is 7.79. The van der Waals surface area contributed by atoms with Crippen LogP contribution in [0, 0.1) is 11.3 Å². The van der Waals surface area contributed by atoms with Gasteiger partial charge in [-0.1, -0.05) is 19.8 Å². The average molecular weight is 368 g/mol. The van der Waals surface area contributed by atoms with Crippen molar-refractivity contribution in [1.29, 1.82) is 0 Å². The molecule has 0 aromatic rings. The summed E-state index contributed by atoms with van der Waals surface area (Å²) in [5.41, 5.74) is 0.379. The highest BCUT2D eigenvalue weighted by molar-refractivity contribution is 5.80. The molecular formula is C20H37N3O3. The summed E-state index contributed by atoms with van der Waals surface area (Å²) in [4.78, 5) is 4.71. The highest BCUT2D eigenvalue weighted by Gasteiger charge is 2.66. The Morgan fingerprint density at radius 3 is 2.65 bits per heavy atom. The van der Waals surface area contributed by atoms with Crippen molar-refractivity contribution >= 4 is 5.96 Å². The van der Waals surface area contributed by atoms with E-state index in [4.69, 9.17) is 19.2 Å². The minimum atomic E-state index is 0.379. The van der Waals surface area contributed by atoms with Crippen LogP contribution in [0.5, 0.6) is 0 Å². The Labute approximate surface area is 158 Å². The molecule has 3 aliphatic rings. The number of fused-ring (bicyclic) bond motifs is 2. The summed E-state index contributed by atoms with van der Waals surface area (Å²) in [6, 6.07) is 0.523. The zero-order valence-electron chi connectivity index (χ0n) is 16.6. The lowest BCUT2D eigenvalue weighted by Crippen LogP contribution is -2.72. The largest absolute Gasteiger partial charge is 0.379 e. The standard InChI is InChI=1S/C20H37N3O3/c1-3-5-11-24-14-15-25-13-10-22-19(21-4-2)23-17-16-7-12-26-18(16)20(17)8-6-9-20/h16-18H,3-15H2,1-2H3,(H2,21,22,23). The molecule has 1 saturated heterocycles. The minimum absolute atomic E-state index is 0.379. The maximum atomic E-state index is 6.01. The van der Waals surface area contributed by atoms with Gasteiger partial charge in [-0.05, 0) is 32.6 Å². The molecule has 0 bridgehead atoms. The van der Waals surface area contributed by atoms with Crippen molar-refractivity contribution in [3.05, 3.63) is 0 Å². The molecule has 26 heavy (non-hydrogen) atoms. The summed E-state index contributed by atoms with van der Waals surface area (Å²) >= 11 is 0. The molecule has 3 atom stereocenters. The topological polar surface area (TPSA) is 64.1 Å². The third kappa shape index (κ3) is 4.34. The van der Waals surface area contributed by atoms with E-state index < -0.39 is 0 Å². The van der Waals surface area contributed by atoms with Gasteiger partial charge in [-0.3, -0.25) is 4.99 Å². The van der Waals surface area contributed by atoms with Gasteiger partial charge in [-0.25, -0.2) is 0 Å². The fourth-order valence-corrected chi connectivity index (χ4v) is 4.71. The lowest BCUT2D eigenvalue weighted by molar-refractivity contribution is -0.171. The van der Waals surface area contributed by atoms with Crippen molar-refractivity contribution in [2.24, 2.45) is 16.3 Å². The van der Waals surface area contributed by atoms with Crippen LogP contribution < -0.4 is 10.6 Å². The highest BCUT2D eigenvalue weighted by Crippen LogP contribution is 2.62. The van der Waals surface area contributed by atoms with E-state index in [1.165, 1.54) is 32.1 Å². The second-order valence-corrected chi connectivity index (χ2v) is 7.79. The molecule has 6 heteroatoms. The molecule has 0 aromatic heterocycles. The van der Waals surface area contributed by atoms with Crippen molar-refractivity contribution in [2.75, 3.05) is 46.1 Å². The van der Waals surface area contributed by atoms with Crippen molar-refractivity contribution in [3.8, 4) is 0 Å². The van der Waals surface area contributed by atoms with Crippen LogP contribution in [-0.2, 0) is 14.2 Å². The summed E-state index contributed by atoms with van der Waals surface area (Å²) in [5, 5.41) is 7.11. The normalized spacial score (nSPS) is 29.2. The Morgan fingerprint density at radius 2 is 1.96 bits per heavy atom. The second kappa shape index (κ2) is 9.90. The Hall–Kier alpha value is -0.850. The molecule has 2 N–H and O–H groups in total. The molecule has 6 nitrogen and oxygen atoms in total. The Bertz CT molecular complexity index is 454. The number of unbranched alkanes of at least 4 members (excludes halogenated alkanes) is 1. The van der Waals surface area contributed by atoms with E-state index in [1.807, 2.05) is 0 Å². The summed E-state index contributed by atoms with van der Waals surface area (Å²) in [6.45, 7) is 9.56. The summed E-state index contributed by atoms with van der Waals surface area (Å²) in [5.74, 6) is 1.59. The zero-order valence-corrected chi connectivity index (χ0v) is 16.6. The predicted octanol–water partition coefficient (Wildman–Crippen LogP) is 2.33. The van der Waals surface area contributed by atoms with Gasteiger partial charge in [0.15, 0.2) is 5.96 Å². The summed E-state index contributed by atoms with van der Waals surface area (Å²) in [6.07, 6.45) is 7.91. The average Bonchev–Trinajstić information content (AvgIpc) is 3.01. The maximum absolute atomic E-state index is 6.01. The predicted molar refractivity (Wildman–Crippen MR) is 104 cm³/mol. The van der Waals surface area contributed by atoms with Crippen LogP contribution in [0.15, 0.2) is 4.99 Å². The Morgan fingerprint density at radius 1 is 1.15 bits per heavy atom. The van der Waals surface area contributed by atoms with Gasteiger partial charge < -0.3 is 24.8 Å². The van der Waals surface area contributed by atoms with E-state index in [9.17, 15) is 0 Å². The van der Waals surface area contributed by atoms with Gasteiger partial charge in [0.2, 0.25) is 0 Å². The molecule has 1 spiro atoms. The molecular weight excluding hydrogens is 330 g/mol. The number of rotatable bonds is 11. The van der Waals surface area contributed by atoms with E-state index >= 15 is 0 Å². The number of nitrogens with zero attached hydrogens (tertiary/aromatic N) is 1. The van der Waals surface area contributed by atoms with Crippen LogP contribution >= 0.6 is 0 Å². The number of ether oxygens (including phenoxy) is 3. The summed E-state index contributed by atoms with van der Waals surface area (Å²) < 4.78 is 17.1. The molecule has 3 rings (SSSR count). The number of nitrogens with one attached hydrogen (secondary N) is 2. The van der Waals surface area contributed by atoms with E-state index in [1.54, 1.807) is 0 Å². The number of hydrogen-bond donors (Lipinski definition) is 2. The van der Waals surface area contributed by atoms with Crippen molar-refractivity contribution in [1.82, 2.24) is 10.6 Å². The summed E-state index contributed by atoms with van der Waals surface area (Å²) in [7, 11) is 0. The van der Waals surface area contributed by atoms with Crippen LogP contribution in [0.1, 0.15) is 52.4 Å². The number of guanidine groups is 1. The van der Waals surface area contributed by atoms with Crippen LogP contribution in [0.2, 0.25) is 0 Å². The maximum Gasteiger partial charge on any atom is 0.191 e. The third-order valence-electron chi connectivity index (χ3n) is 6.19. The fourth-order valence-electron chi connectivity index (χ4n) is 4.71. The first kappa shape index (κ1) is 19.9. The van der Waals surface area contributed by atoms with Gasteiger partial charge >= 0.3 is 0 Å². The molecule has 0 amide bonds. The number of aliphatic imine (C=N–C) groups is 1. The highest BCUT2D eigenvalue weighted by atomic mass is 16.5. The minimum Gasteiger partial charge on any atom is -0.379 e. The van der Waals surface area contributed by atoms with Crippen LogP contribution in [-0.4, -0.2) is 64.2 Å². The first-order chi connectivity index (χ1) is 12.8. The van der Waals surface area contributed by atoms with Crippen LogP contribution in [0.25, 0.3) is 0 Å². The van der Waals surface area contributed by atoms with Gasteiger partial charge in [0.25, 0.3) is 0 Å². The van der Waals surface area contributed by atoms with E-state index in [2.05, 4.69) is 24.5 Å². The molecule has 3 unspecified atom stereocenters. The first-order valence-corrected chi connectivity index (χ1v) is 10.6. The van der Waals surface area contributed by atoms with Crippen molar-refractivity contribution in [2.45, 2.75) is 64.5 Å². The fraction of sp³-hybridized carbons (Fsp3) is 0.950. The van der Waals surface area contributed by atoms with E-state index in [-0.39, 0.29) is 0 Å². The van der Waals surface area contributed by atoms with Crippen LogP contribution in [0.4, 0.5) is 0 Å². The molecule has 3 fully saturated rings. The third-order valence-corrected chi connectivity index (χ3v) is 6.19.